The Morgan fingerprint density at radius 1 is 1.27 bits per heavy atom. The van der Waals surface area contributed by atoms with Crippen LogP contribution in [0.25, 0.3) is 0 Å². The van der Waals surface area contributed by atoms with Crippen molar-refractivity contribution in [2.45, 2.75) is 25.3 Å². The van der Waals surface area contributed by atoms with E-state index in [0.29, 0.717) is 6.54 Å². The Morgan fingerprint density at radius 3 is 2.47 bits per heavy atom. The summed E-state index contributed by atoms with van der Waals surface area (Å²) in [6.07, 6.45) is -2.02. The molecule has 1 aromatic carbocycles. The first-order valence-electron chi connectivity index (χ1n) is 4.88. The average Bonchev–Trinajstić information content (AvgIpc) is 2.47. The first kappa shape index (κ1) is 10.1. The molecule has 2 atom stereocenters. The molecule has 4 heteroatoms. The van der Waals surface area contributed by atoms with Gasteiger partial charge in [0.05, 0.1) is 6.42 Å². The highest BCUT2D eigenvalue weighted by molar-refractivity contribution is 5.79. The van der Waals surface area contributed by atoms with Gasteiger partial charge >= 0.3 is 0 Å². The van der Waals surface area contributed by atoms with E-state index in [1.165, 1.54) is 4.90 Å². The van der Waals surface area contributed by atoms with Crippen LogP contribution in [0.15, 0.2) is 30.3 Å². The first-order valence-corrected chi connectivity index (χ1v) is 4.88. The van der Waals surface area contributed by atoms with Crippen LogP contribution in [0.3, 0.4) is 0 Å². The summed E-state index contributed by atoms with van der Waals surface area (Å²) in [7, 11) is 0. The van der Waals surface area contributed by atoms with Crippen molar-refractivity contribution in [3.63, 3.8) is 0 Å². The van der Waals surface area contributed by atoms with Crippen LogP contribution in [-0.4, -0.2) is 33.4 Å². The molecule has 1 fully saturated rings. The fraction of sp³-hybridized carbons (Fsp3) is 0.364. The molecule has 1 aromatic rings. The van der Waals surface area contributed by atoms with Gasteiger partial charge in [-0.1, -0.05) is 30.3 Å². The smallest absolute Gasteiger partial charge is 0.227 e. The maximum atomic E-state index is 11.4. The standard InChI is InChI=1S/C11H13NO3/c13-9-6-10(14)12(11(9)15)7-8-4-2-1-3-5-8/h1-5,9,11,13,15H,6-7H2/t9-,11+/m0/s1. The third-order valence-corrected chi connectivity index (χ3v) is 2.56. The van der Waals surface area contributed by atoms with Crippen molar-refractivity contribution in [2.24, 2.45) is 0 Å². The van der Waals surface area contributed by atoms with E-state index in [9.17, 15) is 15.0 Å². The van der Waals surface area contributed by atoms with Gasteiger partial charge in [-0.25, -0.2) is 0 Å². The zero-order chi connectivity index (χ0) is 10.8. The molecular formula is C11H13NO3. The van der Waals surface area contributed by atoms with E-state index in [2.05, 4.69) is 0 Å². The van der Waals surface area contributed by atoms with Crippen LogP contribution in [-0.2, 0) is 11.3 Å². The Kier molecular flexibility index (Phi) is 2.70. The van der Waals surface area contributed by atoms with Crippen LogP contribution >= 0.6 is 0 Å². The number of likely N-dealkylation sites (tertiary alicyclic amines) is 1. The van der Waals surface area contributed by atoms with E-state index in [1.54, 1.807) is 0 Å². The highest BCUT2D eigenvalue weighted by Gasteiger charge is 2.36. The van der Waals surface area contributed by atoms with Gasteiger partial charge in [0.2, 0.25) is 5.91 Å². The van der Waals surface area contributed by atoms with Gasteiger partial charge in [-0.2, -0.15) is 0 Å². The lowest BCUT2D eigenvalue weighted by Gasteiger charge is -2.21. The molecule has 0 unspecified atom stereocenters. The molecule has 1 aliphatic heterocycles. The summed E-state index contributed by atoms with van der Waals surface area (Å²) in [6.45, 7) is 0.345. The number of rotatable bonds is 2. The minimum Gasteiger partial charge on any atom is -0.388 e. The molecule has 15 heavy (non-hydrogen) atoms. The number of hydrogen-bond acceptors (Lipinski definition) is 3. The number of carbonyl (C=O) groups excluding carboxylic acids is 1. The third kappa shape index (κ3) is 2.00. The lowest BCUT2D eigenvalue weighted by molar-refractivity contribution is -0.134. The molecule has 0 bridgehead atoms. The summed E-state index contributed by atoms with van der Waals surface area (Å²) in [5, 5.41) is 18.8. The Labute approximate surface area is 87.8 Å². The maximum absolute atomic E-state index is 11.4. The van der Waals surface area contributed by atoms with Crippen LogP contribution in [0.1, 0.15) is 12.0 Å². The summed E-state index contributed by atoms with van der Waals surface area (Å²) in [5.41, 5.74) is 0.944. The second kappa shape index (κ2) is 4.00. The topological polar surface area (TPSA) is 60.8 Å². The molecule has 0 aromatic heterocycles. The molecule has 1 aliphatic rings. The molecule has 1 amide bonds. The summed E-state index contributed by atoms with van der Waals surface area (Å²) in [4.78, 5) is 12.7. The van der Waals surface area contributed by atoms with Gasteiger partial charge in [-0.15, -0.1) is 0 Å². The number of nitrogens with zero attached hydrogens (tertiary/aromatic N) is 1. The van der Waals surface area contributed by atoms with Crippen molar-refractivity contribution in [1.82, 2.24) is 4.90 Å². The van der Waals surface area contributed by atoms with Crippen LogP contribution in [0.4, 0.5) is 0 Å². The van der Waals surface area contributed by atoms with Gasteiger partial charge in [0.1, 0.15) is 6.10 Å². The average molecular weight is 207 g/mol. The van der Waals surface area contributed by atoms with Crippen LogP contribution in [0.2, 0.25) is 0 Å². The molecule has 0 saturated carbocycles. The SMILES string of the molecule is O=C1C[C@H](O)[C@@H](O)N1Cc1ccccc1. The predicted molar refractivity (Wildman–Crippen MR) is 53.6 cm³/mol. The van der Waals surface area contributed by atoms with Crippen LogP contribution in [0.5, 0.6) is 0 Å². The van der Waals surface area contributed by atoms with Crippen molar-refractivity contribution in [3.05, 3.63) is 35.9 Å². The van der Waals surface area contributed by atoms with E-state index in [0.717, 1.165) is 5.56 Å². The lowest BCUT2D eigenvalue weighted by Crippen LogP contribution is -2.36. The predicted octanol–water partition coefficient (Wildman–Crippen LogP) is 0.0982. The van der Waals surface area contributed by atoms with E-state index in [-0.39, 0.29) is 12.3 Å². The van der Waals surface area contributed by atoms with Gasteiger partial charge in [-0.05, 0) is 5.56 Å². The molecular weight excluding hydrogens is 194 g/mol. The van der Waals surface area contributed by atoms with Crippen LogP contribution in [0, 0.1) is 0 Å². The molecule has 1 saturated heterocycles. The second-order valence-corrected chi connectivity index (χ2v) is 3.69. The summed E-state index contributed by atoms with van der Waals surface area (Å²) in [5.74, 6) is -0.209. The number of amides is 1. The Morgan fingerprint density at radius 2 is 1.93 bits per heavy atom. The largest absolute Gasteiger partial charge is 0.388 e. The molecule has 2 N–H and O–H groups in total. The van der Waals surface area contributed by atoms with Gasteiger partial charge in [-0.3, -0.25) is 4.79 Å². The number of carbonyl (C=O) groups is 1. The van der Waals surface area contributed by atoms with Gasteiger partial charge in [0.15, 0.2) is 6.23 Å². The quantitative estimate of drug-likeness (QED) is 0.723. The monoisotopic (exact) mass is 207 g/mol. The van der Waals surface area contributed by atoms with Crippen molar-refractivity contribution >= 4 is 5.91 Å². The minimum absolute atomic E-state index is 0.00794. The van der Waals surface area contributed by atoms with Gasteiger partial charge < -0.3 is 15.1 Å². The normalized spacial score (nSPS) is 26.0. The fourth-order valence-corrected chi connectivity index (χ4v) is 1.72. The molecule has 2 rings (SSSR count). The Balaban J connectivity index is 2.09. The van der Waals surface area contributed by atoms with E-state index in [4.69, 9.17) is 0 Å². The molecule has 0 spiro atoms. The highest BCUT2D eigenvalue weighted by Crippen LogP contribution is 2.19. The summed E-state index contributed by atoms with van der Waals surface area (Å²) < 4.78 is 0. The zero-order valence-corrected chi connectivity index (χ0v) is 8.21. The summed E-state index contributed by atoms with van der Waals surface area (Å²) in [6, 6.07) is 9.40. The molecule has 4 nitrogen and oxygen atoms in total. The molecule has 0 radical (unpaired) electrons. The Hall–Kier alpha value is -1.39. The van der Waals surface area contributed by atoms with Crippen molar-refractivity contribution in [3.8, 4) is 0 Å². The fourth-order valence-electron chi connectivity index (χ4n) is 1.72. The maximum Gasteiger partial charge on any atom is 0.227 e. The third-order valence-electron chi connectivity index (χ3n) is 2.56. The first-order chi connectivity index (χ1) is 7.18. The van der Waals surface area contributed by atoms with Gasteiger partial charge in [0, 0.05) is 6.54 Å². The number of benzene rings is 1. The van der Waals surface area contributed by atoms with E-state index < -0.39 is 12.3 Å². The van der Waals surface area contributed by atoms with E-state index >= 15 is 0 Å². The van der Waals surface area contributed by atoms with Crippen molar-refractivity contribution < 1.29 is 15.0 Å². The zero-order valence-electron chi connectivity index (χ0n) is 8.21. The number of aliphatic hydroxyl groups excluding tert-OH is 2. The lowest BCUT2D eigenvalue weighted by atomic mass is 10.2. The number of aliphatic hydroxyl groups is 2. The highest BCUT2D eigenvalue weighted by atomic mass is 16.4. The molecule has 0 aliphatic carbocycles. The second-order valence-electron chi connectivity index (χ2n) is 3.69. The van der Waals surface area contributed by atoms with Crippen LogP contribution < -0.4 is 0 Å². The minimum atomic E-state index is -1.07. The Bertz CT molecular complexity index is 352. The van der Waals surface area contributed by atoms with Crippen molar-refractivity contribution in [1.29, 1.82) is 0 Å². The molecule has 1 heterocycles. The molecule has 80 valence electrons. The number of hydrogen-bond donors (Lipinski definition) is 2. The van der Waals surface area contributed by atoms with Gasteiger partial charge in [0.25, 0.3) is 0 Å². The summed E-state index contributed by atoms with van der Waals surface area (Å²) >= 11 is 0. The van der Waals surface area contributed by atoms with E-state index in [1.807, 2.05) is 30.3 Å². The van der Waals surface area contributed by atoms with Crippen molar-refractivity contribution in [2.75, 3.05) is 0 Å².